The average Bonchev–Trinajstić information content (AvgIpc) is 2.20. The molecular weight excluding hydrogens is 248 g/mol. The fraction of sp³-hybridized carbons (Fsp3) is 0.538. The fourth-order valence-electron chi connectivity index (χ4n) is 2.41. The molecule has 0 radical (unpaired) electrons. The minimum Gasteiger partial charge on any atom is -0.398 e. The van der Waals surface area contributed by atoms with Crippen LogP contribution in [-0.4, -0.2) is 14.5 Å². The Morgan fingerprint density at radius 3 is 2.44 bits per heavy atom. The van der Waals surface area contributed by atoms with Crippen molar-refractivity contribution in [3.8, 4) is 0 Å². The van der Waals surface area contributed by atoms with Crippen molar-refractivity contribution in [3.63, 3.8) is 0 Å². The number of anilines is 1. The molecule has 0 aromatic heterocycles. The molecule has 1 aliphatic carbocycles. The van der Waals surface area contributed by atoms with Crippen molar-refractivity contribution >= 4 is 15.7 Å². The minimum atomic E-state index is -3.45. The smallest absolute Gasteiger partial charge is 0.241 e. The molecule has 0 aliphatic heterocycles. The highest BCUT2D eigenvalue weighted by atomic mass is 32.2. The second-order valence-corrected chi connectivity index (χ2v) is 7.05. The first kappa shape index (κ1) is 13.4. The third-order valence-electron chi connectivity index (χ3n) is 3.53. The molecule has 1 aliphatic rings. The molecular formula is C13H20N2O2S. The van der Waals surface area contributed by atoms with E-state index >= 15 is 0 Å². The van der Waals surface area contributed by atoms with Gasteiger partial charge in [-0.15, -0.1) is 0 Å². The van der Waals surface area contributed by atoms with Gasteiger partial charge in [0.2, 0.25) is 10.0 Å². The summed E-state index contributed by atoms with van der Waals surface area (Å²) < 4.78 is 27.4. The number of nitrogens with two attached hydrogens (primary N) is 1. The second kappa shape index (κ2) is 4.55. The largest absolute Gasteiger partial charge is 0.398 e. The molecule has 0 heterocycles. The predicted octanol–water partition coefficient (Wildman–Crippen LogP) is 1.96. The molecule has 0 bridgehead atoms. The SMILES string of the molecule is Cc1cc(N)c(C)c(S(=O)(=O)NC2CC(C)C2)c1. The maximum Gasteiger partial charge on any atom is 0.241 e. The summed E-state index contributed by atoms with van der Waals surface area (Å²) >= 11 is 0. The van der Waals surface area contributed by atoms with Gasteiger partial charge < -0.3 is 5.73 Å². The van der Waals surface area contributed by atoms with Gasteiger partial charge in [0.05, 0.1) is 4.90 Å². The number of aryl methyl sites for hydroxylation is 1. The molecule has 2 rings (SSSR count). The van der Waals surface area contributed by atoms with Gasteiger partial charge >= 0.3 is 0 Å². The molecule has 100 valence electrons. The molecule has 0 unspecified atom stereocenters. The van der Waals surface area contributed by atoms with E-state index in [-0.39, 0.29) is 6.04 Å². The maximum absolute atomic E-state index is 12.3. The zero-order chi connectivity index (χ0) is 13.5. The van der Waals surface area contributed by atoms with Gasteiger partial charge in [-0.2, -0.15) is 0 Å². The Kier molecular flexibility index (Phi) is 3.38. The van der Waals surface area contributed by atoms with Crippen LogP contribution in [0.5, 0.6) is 0 Å². The van der Waals surface area contributed by atoms with Gasteiger partial charge in [0, 0.05) is 11.7 Å². The quantitative estimate of drug-likeness (QED) is 0.823. The molecule has 1 aromatic rings. The van der Waals surface area contributed by atoms with Crippen molar-refractivity contribution in [2.45, 2.75) is 44.6 Å². The van der Waals surface area contributed by atoms with Gasteiger partial charge in [-0.1, -0.05) is 6.92 Å². The van der Waals surface area contributed by atoms with Crippen LogP contribution >= 0.6 is 0 Å². The first-order chi connectivity index (χ1) is 8.29. The summed E-state index contributed by atoms with van der Waals surface area (Å²) in [4.78, 5) is 0.305. The Bertz CT molecular complexity index is 561. The van der Waals surface area contributed by atoms with E-state index in [9.17, 15) is 8.42 Å². The summed E-state index contributed by atoms with van der Waals surface area (Å²) in [6, 6.07) is 3.54. The summed E-state index contributed by atoms with van der Waals surface area (Å²) in [6.07, 6.45) is 1.83. The molecule has 0 saturated heterocycles. The molecule has 0 atom stereocenters. The van der Waals surface area contributed by atoms with E-state index in [0.29, 0.717) is 22.1 Å². The van der Waals surface area contributed by atoms with Crippen LogP contribution < -0.4 is 10.5 Å². The van der Waals surface area contributed by atoms with Crippen molar-refractivity contribution in [3.05, 3.63) is 23.3 Å². The highest BCUT2D eigenvalue weighted by molar-refractivity contribution is 7.89. The van der Waals surface area contributed by atoms with E-state index in [1.807, 2.05) is 6.92 Å². The Morgan fingerprint density at radius 1 is 1.28 bits per heavy atom. The normalized spacial score (nSPS) is 23.7. The first-order valence-electron chi connectivity index (χ1n) is 6.18. The van der Waals surface area contributed by atoms with E-state index in [1.165, 1.54) is 0 Å². The molecule has 3 N–H and O–H groups in total. The highest BCUT2D eigenvalue weighted by Gasteiger charge is 2.30. The summed E-state index contributed by atoms with van der Waals surface area (Å²) in [7, 11) is -3.45. The Morgan fingerprint density at radius 2 is 1.89 bits per heavy atom. The molecule has 1 aromatic carbocycles. The summed E-state index contributed by atoms with van der Waals surface area (Å²) in [6.45, 7) is 5.72. The van der Waals surface area contributed by atoms with E-state index in [2.05, 4.69) is 11.6 Å². The van der Waals surface area contributed by atoms with Crippen molar-refractivity contribution in [2.75, 3.05) is 5.73 Å². The van der Waals surface area contributed by atoms with Gasteiger partial charge in [-0.3, -0.25) is 0 Å². The lowest BCUT2D eigenvalue weighted by Crippen LogP contribution is -2.43. The van der Waals surface area contributed by atoms with Crippen LogP contribution in [0.15, 0.2) is 17.0 Å². The fourth-order valence-corrected chi connectivity index (χ4v) is 4.03. The van der Waals surface area contributed by atoms with Crippen molar-refractivity contribution in [1.29, 1.82) is 0 Å². The number of hydrogen-bond donors (Lipinski definition) is 2. The molecule has 0 amide bonds. The summed E-state index contributed by atoms with van der Waals surface area (Å²) in [5, 5.41) is 0. The number of rotatable bonds is 3. The average molecular weight is 268 g/mol. The lowest BCUT2D eigenvalue weighted by atomic mass is 9.83. The molecule has 5 heteroatoms. The van der Waals surface area contributed by atoms with Crippen LogP contribution in [-0.2, 0) is 10.0 Å². The molecule has 0 spiro atoms. The number of nitrogen functional groups attached to an aromatic ring is 1. The van der Waals surface area contributed by atoms with Crippen molar-refractivity contribution < 1.29 is 8.42 Å². The zero-order valence-corrected chi connectivity index (χ0v) is 11.8. The lowest BCUT2D eigenvalue weighted by Gasteiger charge is -2.33. The number of hydrogen-bond acceptors (Lipinski definition) is 3. The Labute approximate surface area is 109 Å². The highest BCUT2D eigenvalue weighted by Crippen LogP contribution is 2.29. The van der Waals surface area contributed by atoms with Crippen molar-refractivity contribution in [2.24, 2.45) is 5.92 Å². The van der Waals surface area contributed by atoms with Crippen molar-refractivity contribution in [1.82, 2.24) is 4.72 Å². The summed E-state index contributed by atoms with van der Waals surface area (Å²) in [5.41, 5.74) is 7.84. The van der Waals surface area contributed by atoms with E-state index in [0.717, 1.165) is 18.4 Å². The maximum atomic E-state index is 12.3. The number of nitrogens with one attached hydrogen (secondary N) is 1. The van der Waals surface area contributed by atoms with Crippen LogP contribution in [0.3, 0.4) is 0 Å². The van der Waals surface area contributed by atoms with Gasteiger partial charge in [-0.05, 0) is 55.9 Å². The lowest BCUT2D eigenvalue weighted by molar-refractivity contribution is 0.270. The molecule has 4 nitrogen and oxygen atoms in total. The standard InChI is InChI=1S/C13H20N2O2S/c1-8-4-11(5-8)15-18(16,17)13-7-9(2)6-12(14)10(13)3/h6-8,11,15H,4-5,14H2,1-3H3. The Balaban J connectivity index is 2.29. The van der Waals surface area contributed by atoms with Crippen LogP contribution in [0.4, 0.5) is 5.69 Å². The third-order valence-corrected chi connectivity index (χ3v) is 5.18. The van der Waals surface area contributed by atoms with Gasteiger partial charge in [0.15, 0.2) is 0 Å². The van der Waals surface area contributed by atoms with Crippen LogP contribution in [0.1, 0.15) is 30.9 Å². The predicted molar refractivity (Wildman–Crippen MR) is 72.8 cm³/mol. The van der Waals surface area contributed by atoms with Crippen LogP contribution in [0.25, 0.3) is 0 Å². The third kappa shape index (κ3) is 2.52. The van der Waals surface area contributed by atoms with E-state index in [1.54, 1.807) is 19.1 Å². The molecule has 1 saturated carbocycles. The first-order valence-corrected chi connectivity index (χ1v) is 7.67. The van der Waals surface area contributed by atoms with E-state index < -0.39 is 10.0 Å². The van der Waals surface area contributed by atoms with E-state index in [4.69, 9.17) is 5.73 Å². The second-order valence-electron chi connectivity index (χ2n) is 5.37. The topological polar surface area (TPSA) is 72.2 Å². The molecule has 1 fully saturated rings. The van der Waals surface area contributed by atoms with Gasteiger partial charge in [0.1, 0.15) is 0 Å². The summed E-state index contributed by atoms with van der Waals surface area (Å²) in [5.74, 6) is 0.612. The van der Waals surface area contributed by atoms with Crippen LogP contribution in [0.2, 0.25) is 0 Å². The number of benzene rings is 1. The zero-order valence-electron chi connectivity index (χ0n) is 11.0. The monoisotopic (exact) mass is 268 g/mol. The van der Waals surface area contributed by atoms with Crippen LogP contribution in [0, 0.1) is 19.8 Å². The van der Waals surface area contributed by atoms with Gasteiger partial charge in [-0.25, -0.2) is 13.1 Å². The molecule has 18 heavy (non-hydrogen) atoms. The number of sulfonamides is 1. The Hall–Kier alpha value is -1.07. The van der Waals surface area contributed by atoms with Gasteiger partial charge in [0.25, 0.3) is 0 Å². The minimum absolute atomic E-state index is 0.0751.